The first-order valence-corrected chi connectivity index (χ1v) is 10.3. The fraction of sp³-hybridized carbons (Fsp3) is 0.455. The molecule has 3 rings (SSSR count). The molecular weight excluding hydrogens is 400 g/mol. The average molecular weight is 428 g/mol. The largest absolute Gasteiger partial charge is 0.505 e. The number of benzene rings is 1. The molecule has 0 heterocycles. The molecule has 0 saturated heterocycles. The van der Waals surface area contributed by atoms with E-state index in [1.807, 2.05) is 13.8 Å². The van der Waals surface area contributed by atoms with Crippen LogP contribution in [-0.2, 0) is 4.79 Å². The lowest BCUT2D eigenvalue weighted by Gasteiger charge is -2.25. The highest BCUT2D eigenvalue weighted by Gasteiger charge is 2.30. The van der Waals surface area contributed by atoms with Crippen LogP contribution in [0.3, 0.4) is 0 Å². The summed E-state index contributed by atoms with van der Waals surface area (Å²) in [5, 5.41) is 19.0. The predicted molar refractivity (Wildman–Crippen MR) is 119 cm³/mol. The summed E-state index contributed by atoms with van der Waals surface area (Å²) in [4.78, 5) is 50.5. The predicted octanol–water partition coefficient (Wildman–Crippen LogP) is 1.40. The second-order valence-corrected chi connectivity index (χ2v) is 8.49. The molecule has 1 aliphatic carbocycles. The third-order valence-electron chi connectivity index (χ3n) is 5.35. The molecular formula is C22H28N4O5. The summed E-state index contributed by atoms with van der Waals surface area (Å²) in [6.07, 6.45) is 2.20. The van der Waals surface area contributed by atoms with E-state index in [0.717, 1.165) is 12.8 Å². The number of rotatable bonds is 9. The third-order valence-corrected chi connectivity index (χ3v) is 5.35. The Hall–Kier alpha value is -3.36. The number of hydrogen-bond donors (Lipinski definition) is 4. The lowest BCUT2D eigenvalue weighted by molar-refractivity contribution is -0.122. The topological polar surface area (TPSA) is 128 Å². The minimum Gasteiger partial charge on any atom is -0.505 e. The van der Waals surface area contributed by atoms with Crippen molar-refractivity contribution in [2.24, 2.45) is 11.8 Å². The maximum Gasteiger partial charge on any atom is 0.257 e. The van der Waals surface area contributed by atoms with Crippen LogP contribution in [0.4, 0.5) is 17.1 Å². The van der Waals surface area contributed by atoms with Gasteiger partial charge in [0.15, 0.2) is 5.75 Å². The monoisotopic (exact) mass is 428 g/mol. The quantitative estimate of drug-likeness (QED) is 0.351. The van der Waals surface area contributed by atoms with Crippen LogP contribution < -0.4 is 26.8 Å². The number of nitrogens with zero attached hydrogens (tertiary/aromatic N) is 1. The number of phenols is 1. The minimum absolute atomic E-state index is 0.00555. The number of para-hydroxylation sites is 1. The van der Waals surface area contributed by atoms with Gasteiger partial charge in [-0.3, -0.25) is 19.2 Å². The molecule has 1 saturated carbocycles. The van der Waals surface area contributed by atoms with Crippen molar-refractivity contribution >= 4 is 28.9 Å². The molecule has 31 heavy (non-hydrogen) atoms. The van der Waals surface area contributed by atoms with Gasteiger partial charge in [0.25, 0.3) is 16.8 Å². The lowest BCUT2D eigenvalue weighted by Crippen LogP contribution is -2.47. The highest BCUT2D eigenvalue weighted by Crippen LogP contribution is 2.32. The minimum atomic E-state index is -0.757. The lowest BCUT2D eigenvalue weighted by atomic mass is 10.0. The standard InChI is InChI=1S/C22H28N4O5/c1-11(2)15(21(30)23-10-12-8-9-12)25-17-16(19(28)20(17)29)24-14-7-5-6-13(18(14)27)22(31)26(3)4/h5-7,11-12,15,24-25,27H,8-10H2,1-4H3,(H,23,30)/t15-/m1/s1. The molecule has 2 amide bonds. The van der Waals surface area contributed by atoms with Gasteiger partial charge in [-0.1, -0.05) is 19.9 Å². The van der Waals surface area contributed by atoms with Crippen molar-refractivity contribution < 1.29 is 14.7 Å². The molecule has 0 spiro atoms. The van der Waals surface area contributed by atoms with E-state index in [1.54, 1.807) is 20.2 Å². The Kier molecular flexibility index (Phi) is 6.33. The summed E-state index contributed by atoms with van der Waals surface area (Å²) in [7, 11) is 3.11. The normalized spacial score (nSPS) is 14.4. The van der Waals surface area contributed by atoms with E-state index < -0.39 is 22.8 Å². The van der Waals surface area contributed by atoms with Gasteiger partial charge in [-0.15, -0.1) is 0 Å². The zero-order valence-electron chi connectivity index (χ0n) is 18.1. The molecule has 9 nitrogen and oxygen atoms in total. The Bertz CT molecular complexity index is 1060. The average Bonchev–Trinajstić information content (AvgIpc) is 3.55. The van der Waals surface area contributed by atoms with Gasteiger partial charge in [-0.05, 0) is 36.8 Å². The van der Waals surface area contributed by atoms with Crippen molar-refractivity contribution in [2.45, 2.75) is 32.7 Å². The van der Waals surface area contributed by atoms with Crippen molar-refractivity contribution in [2.75, 3.05) is 31.3 Å². The van der Waals surface area contributed by atoms with Crippen LogP contribution in [0, 0.1) is 11.8 Å². The number of nitrogens with one attached hydrogen (secondary N) is 3. The summed E-state index contributed by atoms with van der Waals surface area (Å²) in [5.41, 5.74) is -1.37. The fourth-order valence-corrected chi connectivity index (χ4v) is 3.21. The van der Waals surface area contributed by atoms with E-state index in [-0.39, 0.29) is 40.2 Å². The van der Waals surface area contributed by atoms with Crippen LogP contribution in [-0.4, -0.2) is 48.5 Å². The van der Waals surface area contributed by atoms with Gasteiger partial charge < -0.3 is 26.0 Å². The molecule has 0 bridgehead atoms. The van der Waals surface area contributed by atoms with E-state index >= 15 is 0 Å². The molecule has 9 heteroatoms. The first-order valence-electron chi connectivity index (χ1n) is 10.3. The van der Waals surface area contributed by atoms with Crippen molar-refractivity contribution in [3.63, 3.8) is 0 Å². The van der Waals surface area contributed by atoms with Crippen LogP contribution in [0.1, 0.15) is 37.0 Å². The molecule has 166 valence electrons. The number of aromatic hydroxyl groups is 1. The van der Waals surface area contributed by atoms with Gasteiger partial charge >= 0.3 is 0 Å². The Morgan fingerprint density at radius 1 is 1.13 bits per heavy atom. The Balaban J connectivity index is 1.82. The Morgan fingerprint density at radius 2 is 1.77 bits per heavy atom. The molecule has 2 aromatic rings. The number of hydrogen-bond acceptors (Lipinski definition) is 7. The van der Waals surface area contributed by atoms with Gasteiger partial charge in [0.1, 0.15) is 17.4 Å². The third kappa shape index (κ3) is 4.70. The van der Waals surface area contributed by atoms with Crippen molar-refractivity contribution in [3.8, 4) is 5.75 Å². The van der Waals surface area contributed by atoms with Crippen molar-refractivity contribution in [1.29, 1.82) is 0 Å². The molecule has 0 aliphatic heterocycles. The molecule has 0 aromatic heterocycles. The van der Waals surface area contributed by atoms with Crippen LogP contribution in [0.15, 0.2) is 27.8 Å². The molecule has 2 aromatic carbocycles. The molecule has 4 N–H and O–H groups in total. The van der Waals surface area contributed by atoms with E-state index in [1.165, 1.54) is 17.0 Å². The van der Waals surface area contributed by atoms with E-state index in [9.17, 15) is 24.3 Å². The van der Waals surface area contributed by atoms with Crippen molar-refractivity contribution in [1.82, 2.24) is 10.2 Å². The highest BCUT2D eigenvalue weighted by molar-refractivity contribution is 5.99. The SMILES string of the molecule is CC(C)[C@@H](Nc1c(Nc2cccc(C(=O)N(C)C)c2O)c(=O)c1=O)C(=O)NCC1CC1. The Labute approximate surface area is 180 Å². The maximum atomic E-state index is 12.6. The summed E-state index contributed by atoms with van der Waals surface area (Å²) in [5.74, 6) is -0.590. The maximum absolute atomic E-state index is 12.6. The second-order valence-electron chi connectivity index (χ2n) is 8.49. The number of anilines is 3. The smallest absolute Gasteiger partial charge is 0.257 e. The molecule has 0 unspecified atom stereocenters. The summed E-state index contributed by atoms with van der Waals surface area (Å²) in [6.45, 7) is 4.28. The first kappa shape index (κ1) is 22.3. The van der Waals surface area contributed by atoms with Gasteiger partial charge in [0.05, 0.1) is 11.3 Å². The van der Waals surface area contributed by atoms with Gasteiger partial charge in [-0.25, -0.2) is 0 Å². The molecule has 0 radical (unpaired) electrons. The first-order chi connectivity index (χ1) is 14.6. The van der Waals surface area contributed by atoms with Crippen LogP contribution in [0.5, 0.6) is 5.75 Å². The Morgan fingerprint density at radius 3 is 2.35 bits per heavy atom. The number of phenolic OH excluding ortho intramolecular Hbond substituents is 1. The number of carbonyl (C=O) groups is 2. The number of amides is 2. The van der Waals surface area contributed by atoms with Gasteiger partial charge in [0.2, 0.25) is 5.91 Å². The van der Waals surface area contributed by atoms with Gasteiger partial charge in [0, 0.05) is 20.6 Å². The zero-order chi connectivity index (χ0) is 22.9. The van der Waals surface area contributed by atoms with Crippen LogP contribution in [0.2, 0.25) is 0 Å². The van der Waals surface area contributed by atoms with Crippen LogP contribution >= 0.6 is 0 Å². The fourth-order valence-electron chi connectivity index (χ4n) is 3.21. The van der Waals surface area contributed by atoms with Crippen LogP contribution in [0.25, 0.3) is 0 Å². The summed E-state index contributed by atoms with van der Waals surface area (Å²) < 4.78 is 0. The summed E-state index contributed by atoms with van der Waals surface area (Å²) in [6, 6.07) is 3.81. The molecule has 1 fully saturated rings. The highest BCUT2D eigenvalue weighted by atomic mass is 16.3. The van der Waals surface area contributed by atoms with E-state index in [0.29, 0.717) is 12.5 Å². The van der Waals surface area contributed by atoms with E-state index in [4.69, 9.17) is 0 Å². The number of carbonyl (C=O) groups excluding carboxylic acids is 2. The second kappa shape index (κ2) is 8.79. The molecule has 1 aliphatic rings. The summed E-state index contributed by atoms with van der Waals surface area (Å²) >= 11 is 0. The van der Waals surface area contributed by atoms with Gasteiger partial charge in [-0.2, -0.15) is 0 Å². The van der Waals surface area contributed by atoms with E-state index in [2.05, 4.69) is 16.0 Å². The van der Waals surface area contributed by atoms with Crippen molar-refractivity contribution in [3.05, 3.63) is 44.2 Å². The zero-order valence-corrected chi connectivity index (χ0v) is 18.1. The molecule has 1 atom stereocenters.